The lowest BCUT2D eigenvalue weighted by Crippen LogP contribution is -2.61. The number of hydrogen-bond donors (Lipinski definition) is 6. The minimum absolute atomic E-state index is 0.178. The highest BCUT2D eigenvalue weighted by Crippen LogP contribution is 2.68. The number of fused-ring (bicyclic) bond motifs is 5. The molecule has 0 spiro atoms. The Morgan fingerprint density at radius 1 is 0.892 bits per heavy atom. The van der Waals surface area contributed by atoms with Crippen molar-refractivity contribution < 1.29 is 49.7 Å². The fourth-order valence-corrected chi connectivity index (χ4v) is 9.18. The summed E-state index contributed by atoms with van der Waals surface area (Å²) in [5, 5.41) is 61.4. The van der Waals surface area contributed by atoms with Gasteiger partial charge in [-0.15, -0.1) is 0 Å². The van der Waals surface area contributed by atoms with E-state index >= 15 is 0 Å². The summed E-state index contributed by atoms with van der Waals surface area (Å²) in [7, 11) is 0. The van der Waals surface area contributed by atoms with Crippen molar-refractivity contribution in [2.45, 2.75) is 114 Å². The molecule has 5 fully saturated rings. The van der Waals surface area contributed by atoms with Crippen LogP contribution >= 0.6 is 0 Å². The molecule has 0 aromatic carbocycles. The molecule has 6 N–H and O–H groups in total. The maximum Gasteiger partial charge on any atom is 0.335 e. The van der Waals surface area contributed by atoms with Crippen LogP contribution in [0.2, 0.25) is 0 Å². The molecule has 1 heterocycles. The summed E-state index contributed by atoms with van der Waals surface area (Å²) in [6.45, 7) is 3.78. The fourth-order valence-electron chi connectivity index (χ4n) is 9.18. The zero-order chi connectivity index (χ0) is 26.9. The number of Topliss-reactive ketones (excluding diaryl/α,β-unsaturated/α-hetero) is 1. The average Bonchev–Trinajstić information content (AvgIpc) is 3.14. The number of carboxylic acid groups (broad SMARTS) is 1. The number of aliphatic hydroxyl groups is 5. The molecule has 4 aliphatic carbocycles. The largest absolute Gasteiger partial charge is 0.479 e. The van der Waals surface area contributed by atoms with Crippen LogP contribution in [0.4, 0.5) is 0 Å². The minimum atomic E-state index is -1.85. The van der Waals surface area contributed by atoms with E-state index in [1.807, 2.05) is 6.92 Å². The summed E-state index contributed by atoms with van der Waals surface area (Å²) in [5.41, 5.74) is -2.07. The van der Waals surface area contributed by atoms with Crippen LogP contribution in [0.25, 0.3) is 0 Å². The van der Waals surface area contributed by atoms with Gasteiger partial charge in [0, 0.05) is 5.41 Å². The van der Waals surface area contributed by atoms with Crippen molar-refractivity contribution in [2.75, 3.05) is 6.61 Å². The standard InChI is InChI=1S/C27H42O10/c1-25-8-5-14(28)11-13(25)3-4-15-16(25)6-9-26(2)17(15)7-10-27(26,35)18(29)12-36-24-21(32)19(30)20(31)22(37-24)23(33)34/h13-17,19-22,24,28,30-32,35H,3-12H2,1-2H3,(H,33,34)/t13-,14-,15-,16+,17+,19+,20+,21-,22+,24-,25+,26+,27+/m1/s1. The summed E-state index contributed by atoms with van der Waals surface area (Å²) in [6, 6.07) is 0. The Balaban J connectivity index is 1.28. The van der Waals surface area contributed by atoms with E-state index < -0.39 is 60.1 Å². The first-order valence-electron chi connectivity index (χ1n) is 13.8. The Kier molecular flexibility index (Phi) is 7.04. The van der Waals surface area contributed by atoms with Gasteiger partial charge in [0.15, 0.2) is 18.2 Å². The van der Waals surface area contributed by atoms with Gasteiger partial charge in [-0.2, -0.15) is 0 Å². The molecule has 0 amide bonds. The van der Waals surface area contributed by atoms with Crippen molar-refractivity contribution in [3.63, 3.8) is 0 Å². The van der Waals surface area contributed by atoms with Crippen LogP contribution < -0.4 is 0 Å². The lowest BCUT2D eigenvalue weighted by Gasteiger charge is -2.61. The first-order chi connectivity index (χ1) is 17.3. The lowest BCUT2D eigenvalue weighted by atomic mass is 9.44. The van der Waals surface area contributed by atoms with Crippen LogP contribution in [0.1, 0.15) is 71.6 Å². The molecule has 10 nitrogen and oxygen atoms in total. The van der Waals surface area contributed by atoms with Gasteiger partial charge < -0.3 is 40.1 Å². The van der Waals surface area contributed by atoms with Crippen molar-refractivity contribution in [3.8, 4) is 0 Å². The van der Waals surface area contributed by atoms with E-state index in [2.05, 4.69) is 6.92 Å². The van der Waals surface area contributed by atoms with Crippen LogP contribution in [-0.2, 0) is 19.1 Å². The highest BCUT2D eigenvalue weighted by Gasteiger charge is 2.66. The minimum Gasteiger partial charge on any atom is -0.479 e. The predicted molar refractivity (Wildman–Crippen MR) is 128 cm³/mol. The SMILES string of the molecule is C[C@]12CC[C@@H](O)C[C@H]1CC[C@@H]1[C@@H]2CC[C@@]2(C)[C@H]1CC[C@]2(O)C(=O)CO[C@@H]1O[C@H](C(=O)O)[C@@H](O)[C@H](O)[C@H]1O. The first kappa shape index (κ1) is 27.4. The van der Waals surface area contributed by atoms with Gasteiger partial charge >= 0.3 is 5.97 Å². The number of rotatable bonds is 5. The molecule has 1 aliphatic heterocycles. The molecule has 37 heavy (non-hydrogen) atoms. The van der Waals surface area contributed by atoms with Crippen molar-refractivity contribution in [2.24, 2.45) is 34.5 Å². The predicted octanol–water partition coefficient (Wildman–Crippen LogP) is 0.599. The normalized spacial score (nSPS) is 53.6. The van der Waals surface area contributed by atoms with Crippen LogP contribution in [-0.4, -0.2) is 91.4 Å². The van der Waals surface area contributed by atoms with Gasteiger partial charge in [0.1, 0.15) is 30.5 Å². The molecule has 13 atom stereocenters. The Morgan fingerprint density at radius 3 is 2.30 bits per heavy atom. The molecule has 0 unspecified atom stereocenters. The first-order valence-corrected chi connectivity index (χ1v) is 13.8. The Bertz CT molecular complexity index is 912. The van der Waals surface area contributed by atoms with Gasteiger partial charge in [-0.05, 0) is 86.9 Å². The maximum atomic E-state index is 13.5. The second-order valence-corrected chi connectivity index (χ2v) is 12.9. The number of aliphatic carboxylic acids is 1. The highest BCUT2D eigenvalue weighted by atomic mass is 16.7. The molecule has 210 valence electrons. The zero-order valence-corrected chi connectivity index (χ0v) is 21.7. The third kappa shape index (κ3) is 4.10. The van der Waals surface area contributed by atoms with E-state index in [0.717, 1.165) is 44.9 Å². The van der Waals surface area contributed by atoms with Crippen LogP contribution in [0, 0.1) is 34.5 Å². The van der Waals surface area contributed by atoms with Gasteiger partial charge in [-0.25, -0.2) is 4.79 Å². The Labute approximate surface area is 217 Å². The third-order valence-electron chi connectivity index (χ3n) is 11.4. The van der Waals surface area contributed by atoms with Gasteiger partial charge in [-0.1, -0.05) is 13.8 Å². The van der Waals surface area contributed by atoms with Crippen molar-refractivity contribution in [1.82, 2.24) is 0 Å². The molecule has 0 radical (unpaired) electrons. The number of carbonyl (C=O) groups excluding carboxylic acids is 1. The average molecular weight is 527 g/mol. The molecular formula is C27H42O10. The molecule has 10 heteroatoms. The van der Waals surface area contributed by atoms with Crippen molar-refractivity contribution in [1.29, 1.82) is 0 Å². The van der Waals surface area contributed by atoms with Gasteiger partial charge in [0.25, 0.3) is 0 Å². The van der Waals surface area contributed by atoms with E-state index in [-0.39, 0.29) is 17.4 Å². The van der Waals surface area contributed by atoms with E-state index in [9.17, 15) is 40.2 Å². The van der Waals surface area contributed by atoms with Crippen molar-refractivity contribution in [3.05, 3.63) is 0 Å². The molecule has 4 saturated carbocycles. The third-order valence-corrected chi connectivity index (χ3v) is 11.4. The Morgan fingerprint density at radius 2 is 1.59 bits per heavy atom. The molecule has 0 aromatic heterocycles. The number of ether oxygens (including phenoxy) is 2. The van der Waals surface area contributed by atoms with E-state index in [4.69, 9.17) is 9.47 Å². The zero-order valence-electron chi connectivity index (χ0n) is 21.7. The summed E-state index contributed by atoms with van der Waals surface area (Å²) in [4.78, 5) is 24.8. The van der Waals surface area contributed by atoms with E-state index in [1.165, 1.54) is 0 Å². The van der Waals surface area contributed by atoms with Gasteiger partial charge in [0.2, 0.25) is 0 Å². The number of hydrogen-bond acceptors (Lipinski definition) is 9. The molecule has 0 bridgehead atoms. The maximum absolute atomic E-state index is 13.5. The molecular weight excluding hydrogens is 484 g/mol. The lowest BCUT2D eigenvalue weighted by molar-refractivity contribution is -0.293. The number of ketones is 1. The molecule has 5 rings (SSSR count). The van der Waals surface area contributed by atoms with E-state index in [1.54, 1.807) is 0 Å². The van der Waals surface area contributed by atoms with Crippen molar-refractivity contribution >= 4 is 11.8 Å². The quantitative estimate of drug-likeness (QED) is 0.298. The second kappa shape index (κ2) is 9.50. The summed E-state index contributed by atoms with van der Waals surface area (Å²) in [5.74, 6) is -0.445. The van der Waals surface area contributed by atoms with Crippen LogP contribution in [0.5, 0.6) is 0 Å². The summed E-state index contributed by atoms with van der Waals surface area (Å²) >= 11 is 0. The molecule has 1 saturated heterocycles. The van der Waals surface area contributed by atoms with Crippen LogP contribution in [0.15, 0.2) is 0 Å². The summed E-state index contributed by atoms with van der Waals surface area (Å²) in [6.07, 6.45) is -1.58. The molecule has 5 aliphatic rings. The Hall–Kier alpha value is -1.14. The molecule has 0 aromatic rings. The topological polar surface area (TPSA) is 174 Å². The monoisotopic (exact) mass is 526 g/mol. The van der Waals surface area contributed by atoms with E-state index in [0.29, 0.717) is 30.6 Å². The van der Waals surface area contributed by atoms with Gasteiger partial charge in [0.05, 0.1) is 6.10 Å². The van der Waals surface area contributed by atoms with Gasteiger partial charge in [-0.3, -0.25) is 4.79 Å². The fraction of sp³-hybridized carbons (Fsp3) is 0.926. The number of aliphatic hydroxyl groups excluding tert-OH is 4. The highest BCUT2D eigenvalue weighted by molar-refractivity contribution is 5.89. The smallest absolute Gasteiger partial charge is 0.335 e. The van der Waals surface area contributed by atoms with Crippen LogP contribution in [0.3, 0.4) is 0 Å². The second-order valence-electron chi connectivity index (χ2n) is 12.9. The number of carbonyl (C=O) groups is 2. The summed E-state index contributed by atoms with van der Waals surface area (Å²) < 4.78 is 10.5. The number of carboxylic acids is 1.